The van der Waals surface area contributed by atoms with Crippen LogP contribution in [0.2, 0.25) is 5.02 Å². The molecule has 5 heteroatoms. The highest BCUT2D eigenvalue weighted by Gasteiger charge is 2.19. The Balaban J connectivity index is 2.30. The zero-order chi connectivity index (χ0) is 14.3. The standard InChI is InChI=1S/C14H20ClNO2S/c1-3-8-14(2,18)10-16-13(17)9-19-12-6-4-11(15)5-7-12/h4-7,18H,3,8-10H2,1-2H3,(H,16,17). The first kappa shape index (κ1) is 16.3. The van der Waals surface area contributed by atoms with Crippen LogP contribution < -0.4 is 5.32 Å². The summed E-state index contributed by atoms with van der Waals surface area (Å²) in [5.41, 5.74) is -0.824. The van der Waals surface area contributed by atoms with E-state index in [0.29, 0.717) is 23.7 Å². The Labute approximate surface area is 123 Å². The maximum atomic E-state index is 11.7. The summed E-state index contributed by atoms with van der Waals surface area (Å²) in [6.07, 6.45) is 1.57. The Morgan fingerprint density at radius 3 is 2.63 bits per heavy atom. The van der Waals surface area contributed by atoms with Crippen molar-refractivity contribution in [3.8, 4) is 0 Å². The van der Waals surface area contributed by atoms with Crippen LogP contribution in [0.3, 0.4) is 0 Å². The van der Waals surface area contributed by atoms with Gasteiger partial charge < -0.3 is 10.4 Å². The molecule has 0 saturated carbocycles. The molecule has 0 aromatic heterocycles. The van der Waals surface area contributed by atoms with E-state index in [1.165, 1.54) is 11.8 Å². The Hall–Kier alpha value is -0.710. The highest BCUT2D eigenvalue weighted by Crippen LogP contribution is 2.20. The van der Waals surface area contributed by atoms with Crippen molar-refractivity contribution in [1.82, 2.24) is 5.32 Å². The predicted octanol–water partition coefficient (Wildman–Crippen LogP) is 3.10. The van der Waals surface area contributed by atoms with Gasteiger partial charge in [0.2, 0.25) is 5.91 Å². The number of nitrogens with one attached hydrogen (secondary N) is 1. The number of rotatable bonds is 7. The van der Waals surface area contributed by atoms with Crippen LogP contribution in [-0.4, -0.2) is 28.9 Å². The highest BCUT2D eigenvalue weighted by atomic mass is 35.5. The van der Waals surface area contributed by atoms with Gasteiger partial charge in [0.15, 0.2) is 0 Å². The number of halogens is 1. The minimum atomic E-state index is -0.824. The van der Waals surface area contributed by atoms with Crippen LogP contribution in [-0.2, 0) is 4.79 Å². The Morgan fingerprint density at radius 1 is 1.42 bits per heavy atom. The Kier molecular flexibility index (Phi) is 6.69. The predicted molar refractivity (Wildman–Crippen MR) is 80.7 cm³/mol. The van der Waals surface area contributed by atoms with Crippen LogP contribution in [0.5, 0.6) is 0 Å². The lowest BCUT2D eigenvalue weighted by Gasteiger charge is -2.22. The summed E-state index contributed by atoms with van der Waals surface area (Å²) in [6.45, 7) is 4.04. The molecule has 1 atom stereocenters. The molecule has 0 bridgehead atoms. The number of carbonyl (C=O) groups is 1. The van der Waals surface area contributed by atoms with Crippen LogP contribution in [0.1, 0.15) is 26.7 Å². The average molecular weight is 302 g/mol. The minimum absolute atomic E-state index is 0.0728. The molecule has 1 amide bonds. The second-order valence-electron chi connectivity index (χ2n) is 4.77. The monoisotopic (exact) mass is 301 g/mol. The van der Waals surface area contributed by atoms with Crippen molar-refractivity contribution in [2.24, 2.45) is 0 Å². The van der Waals surface area contributed by atoms with E-state index in [4.69, 9.17) is 11.6 Å². The highest BCUT2D eigenvalue weighted by molar-refractivity contribution is 8.00. The van der Waals surface area contributed by atoms with Crippen LogP contribution in [0, 0.1) is 0 Å². The third kappa shape index (κ3) is 6.85. The van der Waals surface area contributed by atoms with Gasteiger partial charge in [0.1, 0.15) is 0 Å². The summed E-state index contributed by atoms with van der Waals surface area (Å²) in [5.74, 6) is 0.264. The largest absolute Gasteiger partial charge is 0.388 e. The lowest BCUT2D eigenvalue weighted by atomic mass is 10.0. The van der Waals surface area contributed by atoms with E-state index in [-0.39, 0.29) is 5.91 Å². The number of thioether (sulfide) groups is 1. The number of carbonyl (C=O) groups excluding carboxylic acids is 1. The molecule has 1 rings (SSSR count). The summed E-state index contributed by atoms with van der Waals surface area (Å²) in [5, 5.41) is 13.4. The van der Waals surface area contributed by atoms with Gasteiger partial charge in [-0.05, 0) is 37.6 Å². The first-order valence-corrected chi connectivity index (χ1v) is 7.67. The summed E-state index contributed by atoms with van der Waals surface area (Å²) in [7, 11) is 0. The van der Waals surface area contributed by atoms with Gasteiger partial charge in [-0.25, -0.2) is 0 Å². The molecular formula is C14H20ClNO2S. The zero-order valence-corrected chi connectivity index (χ0v) is 12.9. The van der Waals surface area contributed by atoms with E-state index in [1.807, 2.05) is 19.1 Å². The van der Waals surface area contributed by atoms with Gasteiger partial charge in [-0.2, -0.15) is 0 Å². The molecule has 3 nitrogen and oxygen atoms in total. The zero-order valence-electron chi connectivity index (χ0n) is 11.3. The van der Waals surface area contributed by atoms with Crippen molar-refractivity contribution in [1.29, 1.82) is 0 Å². The third-order valence-corrected chi connectivity index (χ3v) is 3.90. The van der Waals surface area contributed by atoms with Crippen molar-refractivity contribution < 1.29 is 9.90 Å². The van der Waals surface area contributed by atoms with E-state index in [9.17, 15) is 9.90 Å². The van der Waals surface area contributed by atoms with E-state index in [1.54, 1.807) is 19.1 Å². The molecule has 0 heterocycles. The van der Waals surface area contributed by atoms with Crippen molar-refractivity contribution >= 4 is 29.3 Å². The number of amides is 1. The molecule has 0 fully saturated rings. The first-order valence-electron chi connectivity index (χ1n) is 6.30. The van der Waals surface area contributed by atoms with E-state index in [0.717, 1.165) is 11.3 Å². The van der Waals surface area contributed by atoms with Gasteiger partial charge in [-0.3, -0.25) is 4.79 Å². The molecular weight excluding hydrogens is 282 g/mol. The fraction of sp³-hybridized carbons (Fsp3) is 0.500. The fourth-order valence-electron chi connectivity index (χ4n) is 1.65. The SMILES string of the molecule is CCCC(C)(O)CNC(=O)CSc1ccc(Cl)cc1. The quantitative estimate of drug-likeness (QED) is 0.761. The molecule has 19 heavy (non-hydrogen) atoms. The van der Waals surface area contributed by atoms with Gasteiger partial charge in [0, 0.05) is 16.5 Å². The van der Waals surface area contributed by atoms with Gasteiger partial charge in [0.25, 0.3) is 0 Å². The number of benzene rings is 1. The third-order valence-electron chi connectivity index (χ3n) is 2.64. The first-order chi connectivity index (χ1) is 8.93. The van der Waals surface area contributed by atoms with Gasteiger partial charge in [0.05, 0.1) is 11.4 Å². The summed E-state index contributed by atoms with van der Waals surface area (Å²) in [6, 6.07) is 7.36. The maximum Gasteiger partial charge on any atom is 0.230 e. The summed E-state index contributed by atoms with van der Waals surface area (Å²) in [4.78, 5) is 12.7. The maximum absolute atomic E-state index is 11.7. The van der Waals surface area contributed by atoms with E-state index >= 15 is 0 Å². The fourth-order valence-corrected chi connectivity index (χ4v) is 2.50. The average Bonchev–Trinajstić information content (AvgIpc) is 2.36. The molecule has 0 radical (unpaired) electrons. The molecule has 0 aliphatic rings. The van der Waals surface area contributed by atoms with Crippen molar-refractivity contribution in [3.05, 3.63) is 29.3 Å². The Morgan fingerprint density at radius 2 is 2.05 bits per heavy atom. The number of hydrogen-bond donors (Lipinski definition) is 2. The molecule has 106 valence electrons. The molecule has 0 spiro atoms. The van der Waals surface area contributed by atoms with Gasteiger partial charge >= 0.3 is 0 Å². The van der Waals surface area contributed by atoms with Gasteiger partial charge in [-0.15, -0.1) is 11.8 Å². The van der Waals surface area contributed by atoms with E-state index in [2.05, 4.69) is 5.32 Å². The smallest absolute Gasteiger partial charge is 0.230 e. The normalized spacial score (nSPS) is 13.9. The number of hydrogen-bond acceptors (Lipinski definition) is 3. The number of aliphatic hydroxyl groups is 1. The van der Waals surface area contributed by atoms with Crippen LogP contribution in [0.4, 0.5) is 0 Å². The molecule has 1 unspecified atom stereocenters. The second-order valence-corrected chi connectivity index (χ2v) is 6.25. The molecule has 0 aliphatic carbocycles. The van der Waals surface area contributed by atoms with E-state index < -0.39 is 5.60 Å². The van der Waals surface area contributed by atoms with Gasteiger partial charge in [-0.1, -0.05) is 24.9 Å². The Bertz CT molecular complexity index is 406. The second kappa shape index (κ2) is 7.78. The summed E-state index contributed by atoms with van der Waals surface area (Å²) < 4.78 is 0. The molecule has 1 aromatic carbocycles. The lowest BCUT2D eigenvalue weighted by molar-refractivity contribution is -0.119. The van der Waals surface area contributed by atoms with Crippen molar-refractivity contribution in [2.75, 3.05) is 12.3 Å². The van der Waals surface area contributed by atoms with Crippen LogP contribution >= 0.6 is 23.4 Å². The van der Waals surface area contributed by atoms with Crippen molar-refractivity contribution in [3.63, 3.8) is 0 Å². The summed E-state index contributed by atoms with van der Waals surface area (Å²) >= 11 is 7.24. The van der Waals surface area contributed by atoms with Crippen LogP contribution in [0.25, 0.3) is 0 Å². The van der Waals surface area contributed by atoms with Crippen LogP contribution in [0.15, 0.2) is 29.2 Å². The molecule has 0 aliphatic heterocycles. The molecule has 1 aromatic rings. The topological polar surface area (TPSA) is 49.3 Å². The molecule has 0 saturated heterocycles. The lowest BCUT2D eigenvalue weighted by Crippen LogP contribution is -2.41. The van der Waals surface area contributed by atoms with Crippen molar-refractivity contribution in [2.45, 2.75) is 37.2 Å². The minimum Gasteiger partial charge on any atom is -0.388 e. The molecule has 2 N–H and O–H groups in total.